The second-order valence-electron chi connectivity index (χ2n) is 2.61. The topological polar surface area (TPSA) is 65.0 Å². The van der Waals surface area contributed by atoms with Crippen LogP contribution >= 0.6 is 0 Å². The Morgan fingerprint density at radius 3 is 2.21 bits per heavy atom. The molecule has 0 spiro atoms. The van der Waals surface area contributed by atoms with Crippen molar-refractivity contribution in [1.82, 2.24) is 0 Å². The van der Waals surface area contributed by atoms with E-state index in [0.29, 0.717) is 6.61 Å². The number of hydrogen-bond acceptors (Lipinski definition) is 4. The molecule has 0 aliphatic heterocycles. The van der Waals surface area contributed by atoms with E-state index in [4.69, 9.17) is 18.4 Å². The Hall–Kier alpha value is -0.693. The van der Waals surface area contributed by atoms with Gasteiger partial charge in [-0.15, -0.1) is 0 Å². The molecule has 82 valence electrons. The molecule has 0 aromatic rings. The fourth-order valence-electron chi connectivity index (χ4n) is 0.953. The zero-order valence-electron chi connectivity index (χ0n) is 8.70. The van der Waals surface area contributed by atoms with Crippen LogP contribution in [0.3, 0.4) is 0 Å². The molecule has 0 bridgehead atoms. The fraction of sp³-hybridized carbons (Fsp3) is 0.625. The largest absolute Gasteiger partial charge is 0.505 e. The Balaban J connectivity index is 4.49. The predicted octanol–water partition coefficient (Wildman–Crippen LogP) is 0.895. The molecule has 14 heavy (non-hydrogen) atoms. The van der Waals surface area contributed by atoms with E-state index in [1.165, 1.54) is 14.2 Å². The Morgan fingerprint density at radius 1 is 1.43 bits per heavy atom. The van der Waals surface area contributed by atoms with Crippen molar-refractivity contribution >= 4 is 14.8 Å². The minimum atomic E-state index is -2.85. The SMILES string of the molecule is C=C(C[Si](OC)(OC)OCC)C(=O)O. The lowest BCUT2D eigenvalue weighted by Gasteiger charge is -2.25. The van der Waals surface area contributed by atoms with Crippen LogP contribution in [0.5, 0.6) is 0 Å². The lowest BCUT2D eigenvalue weighted by atomic mass is 10.4. The number of carboxylic acids is 1. The predicted molar refractivity (Wildman–Crippen MR) is 53.0 cm³/mol. The van der Waals surface area contributed by atoms with Gasteiger partial charge in [0.1, 0.15) is 0 Å². The van der Waals surface area contributed by atoms with Crippen LogP contribution in [0.2, 0.25) is 6.04 Å². The summed E-state index contributed by atoms with van der Waals surface area (Å²) in [5.41, 5.74) is 0.0359. The van der Waals surface area contributed by atoms with Gasteiger partial charge in [-0.05, 0) is 6.92 Å². The van der Waals surface area contributed by atoms with Crippen LogP contribution in [0.15, 0.2) is 12.2 Å². The zero-order valence-corrected chi connectivity index (χ0v) is 9.70. The molecule has 6 heteroatoms. The highest BCUT2D eigenvalue weighted by atomic mass is 28.4. The molecule has 1 N–H and O–H groups in total. The third-order valence-corrected chi connectivity index (χ3v) is 4.55. The molecule has 0 amide bonds. The third kappa shape index (κ3) is 3.58. The van der Waals surface area contributed by atoms with Gasteiger partial charge in [-0.25, -0.2) is 4.79 Å². The molecule has 0 radical (unpaired) electrons. The summed E-state index contributed by atoms with van der Waals surface area (Å²) < 4.78 is 15.6. The molecular formula is C8H16O5Si. The second kappa shape index (κ2) is 5.92. The highest BCUT2D eigenvalue weighted by Crippen LogP contribution is 2.18. The Kier molecular flexibility index (Phi) is 5.62. The van der Waals surface area contributed by atoms with E-state index in [-0.39, 0.29) is 11.6 Å². The van der Waals surface area contributed by atoms with Gasteiger partial charge in [-0.1, -0.05) is 6.58 Å². The highest BCUT2D eigenvalue weighted by Gasteiger charge is 2.40. The summed E-state index contributed by atoms with van der Waals surface area (Å²) in [5, 5.41) is 8.66. The Labute approximate surface area is 84.7 Å². The third-order valence-electron chi connectivity index (χ3n) is 1.72. The first-order valence-electron chi connectivity index (χ1n) is 4.16. The Morgan fingerprint density at radius 2 is 1.93 bits per heavy atom. The maximum atomic E-state index is 10.6. The van der Waals surface area contributed by atoms with Gasteiger partial charge in [-0.2, -0.15) is 0 Å². The van der Waals surface area contributed by atoms with Crippen LogP contribution < -0.4 is 0 Å². The molecule has 0 rings (SSSR count). The summed E-state index contributed by atoms with van der Waals surface area (Å²) in [4.78, 5) is 10.6. The van der Waals surface area contributed by atoms with Gasteiger partial charge in [-0.3, -0.25) is 0 Å². The number of carboxylic acid groups (broad SMARTS) is 1. The maximum Gasteiger partial charge on any atom is 0.505 e. The monoisotopic (exact) mass is 220 g/mol. The summed E-state index contributed by atoms with van der Waals surface area (Å²) in [6.45, 7) is 5.62. The molecular weight excluding hydrogens is 204 g/mol. The lowest BCUT2D eigenvalue weighted by Crippen LogP contribution is -2.44. The Bertz CT molecular complexity index is 212. The first-order valence-corrected chi connectivity index (χ1v) is 6.09. The quantitative estimate of drug-likeness (QED) is 0.510. The van der Waals surface area contributed by atoms with E-state index in [1.54, 1.807) is 6.92 Å². The summed E-state index contributed by atoms with van der Waals surface area (Å²) in [6, 6.07) is 0.100. The molecule has 0 aromatic carbocycles. The summed E-state index contributed by atoms with van der Waals surface area (Å²) in [5.74, 6) is -1.06. The van der Waals surface area contributed by atoms with Gasteiger partial charge < -0.3 is 18.4 Å². The number of aliphatic carboxylic acids is 1. The highest BCUT2D eigenvalue weighted by molar-refractivity contribution is 6.61. The van der Waals surface area contributed by atoms with Gasteiger partial charge in [0.2, 0.25) is 0 Å². The fourth-order valence-corrected chi connectivity index (χ4v) is 2.86. The average molecular weight is 220 g/mol. The summed E-state index contributed by atoms with van der Waals surface area (Å²) in [7, 11) is 0.0402. The van der Waals surface area contributed by atoms with Gasteiger partial charge >= 0.3 is 14.8 Å². The van der Waals surface area contributed by atoms with E-state index in [1.807, 2.05) is 0 Å². The average Bonchev–Trinajstić information content (AvgIpc) is 2.16. The normalized spacial score (nSPS) is 11.4. The summed E-state index contributed by atoms with van der Waals surface area (Å²) in [6.07, 6.45) is 0. The van der Waals surface area contributed by atoms with Crippen molar-refractivity contribution in [2.45, 2.75) is 13.0 Å². The number of hydrogen-bond donors (Lipinski definition) is 1. The molecule has 0 heterocycles. The van der Waals surface area contributed by atoms with Crippen molar-refractivity contribution in [3.63, 3.8) is 0 Å². The van der Waals surface area contributed by atoms with Crippen molar-refractivity contribution in [2.24, 2.45) is 0 Å². The first-order chi connectivity index (χ1) is 6.51. The molecule has 0 atom stereocenters. The van der Waals surface area contributed by atoms with Crippen molar-refractivity contribution in [1.29, 1.82) is 0 Å². The van der Waals surface area contributed by atoms with Crippen LogP contribution in [0, 0.1) is 0 Å². The standard InChI is InChI=1S/C8H16O5Si/c1-5-13-14(11-3,12-4)6-7(2)8(9)10/h2,5-6H2,1,3-4H3,(H,9,10). The van der Waals surface area contributed by atoms with Crippen molar-refractivity contribution in [3.8, 4) is 0 Å². The van der Waals surface area contributed by atoms with Gasteiger partial charge in [0.15, 0.2) is 0 Å². The van der Waals surface area contributed by atoms with Crippen molar-refractivity contribution in [3.05, 3.63) is 12.2 Å². The van der Waals surface area contributed by atoms with E-state index >= 15 is 0 Å². The maximum absolute atomic E-state index is 10.6. The zero-order chi connectivity index (χ0) is 11.2. The minimum absolute atomic E-state index is 0.0359. The van der Waals surface area contributed by atoms with Gasteiger partial charge in [0.05, 0.1) is 0 Å². The minimum Gasteiger partial charge on any atom is -0.478 e. The molecule has 0 aliphatic rings. The lowest BCUT2D eigenvalue weighted by molar-refractivity contribution is -0.132. The van der Waals surface area contributed by atoms with E-state index in [9.17, 15) is 4.79 Å². The number of carbonyl (C=O) groups is 1. The van der Waals surface area contributed by atoms with Crippen molar-refractivity contribution in [2.75, 3.05) is 20.8 Å². The molecule has 0 aliphatic carbocycles. The molecule has 0 fully saturated rings. The van der Waals surface area contributed by atoms with Gasteiger partial charge in [0, 0.05) is 32.4 Å². The van der Waals surface area contributed by atoms with E-state index < -0.39 is 14.8 Å². The molecule has 0 aromatic heterocycles. The van der Waals surface area contributed by atoms with Gasteiger partial charge in [0.25, 0.3) is 0 Å². The smallest absolute Gasteiger partial charge is 0.478 e. The summed E-state index contributed by atoms with van der Waals surface area (Å²) >= 11 is 0. The molecule has 0 saturated heterocycles. The van der Waals surface area contributed by atoms with Crippen LogP contribution in [0.4, 0.5) is 0 Å². The van der Waals surface area contributed by atoms with Crippen molar-refractivity contribution < 1.29 is 23.2 Å². The van der Waals surface area contributed by atoms with Crippen LogP contribution in [-0.4, -0.2) is 40.7 Å². The van der Waals surface area contributed by atoms with Crippen LogP contribution in [0.1, 0.15) is 6.92 Å². The van der Waals surface area contributed by atoms with E-state index in [0.717, 1.165) is 0 Å². The van der Waals surface area contributed by atoms with Crippen LogP contribution in [0.25, 0.3) is 0 Å². The second-order valence-corrected chi connectivity index (χ2v) is 5.43. The molecule has 0 unspecified atom stereocenters. The molecule has 5 nitrogen and oxygen atoms in total. The molecule has 0 saturated carbocycles. The first kappa shape index (κ1) is 13.3. The van der Waals surface area contributed by atoms with Crippen LogP contribution in [-0.2, 0) is 18.1 Å². The van der Waals surface area contributed by atoms with E-state index in [2.05, 4.69) is 6.58 Å². The number of rotatable bonds is 7.